The van der Waals surface area contributed by atoms with Crippen LogP contribution in [0.1, 0.15) is 18.2 Å². The SMILES string of the molecule is C[C@@H](OC(=O)CN1C(=O)CCOc2ccccc21)C(=O)NCc1cccs1. The van der Waals surface area contributed by atoms with Crippen LogP contribution in [0.15, 0.2) is 41.8 Å². The number of esters is 1. The van der Waals surface area contributed by atoms with Gasteiger partial charge < -0.3 is 14.8 Å². The van der Waals surface area contributed by atoms with Crippen LogP contribution in [-0.2, 0) is 25.7 Å². The molecule has 1 aliphatic heterocycles. The Labute approximate surface area is 160 Å². The summed E-state index contributed by atoms with van der Waals surface area (Å²) in [5, 5.41) is 4.64. The number of ether oxygens (including phenoxy) is 2. The molecule has 1 atom stereocenters. The zero-order chi connectivity index (χ0) is 19.2. The van der Waals surface area contributed by atoms with Gasteiger partial charge in [-0.2, -0.15) is 0 Å². The fourth-order valence-corrected chi connectivity index (χ4v) is 3.29. The first-order chi connectivity index (χ1) is 13.0. The fourth-order valence-electron chi connectivity index (χ4n) is 2.64. The van der Waals surface area contributed by atoms with Gasteiger partial charge in [-0.25, -0.2) is 0 Å². The Morgan fingerprint density at radius 1 is 1.30 bits per heavy atom. The topological polar surface area (TPSA) is 84.9 Å². The lowest BCUT2D eigenvalue weighted by molar-refractivity contribution is -0.153. The lowest BCUT2D eigenvalue weighted by atomic mass is 10.2. The van der Waals surface area contributed by atoms with Crippen LogP contribution in [0.4, 0.5) is 5.69 Å². The van der Waals surface area contributed by atoms with Crippen LogP contribution >= 0.6 is 11.3 Å². The maximum atomic E-state index is 12.3. The largest absolute Gasteiger partial charge is 0.491 e. The van der Waals surface area contributed by atoms with Crippen molar-refractivity contribution in [3.8, 4) is 5.75 Å². The highest BCUT2D eigenvalue weighted by molar-refractivity contribution is 7.09. The molecule has 0 aliphatic carbocycles. The van der Waals surface area contributed by atoms with Gasteiger partial charge in [0.1, 0.15) is 12.3 Å². The van der Waals surface area contributed by atoms with Gasteiger partial charge in [0, 0.05) is 4.88 Å². The number of hydrogen-bond donors (Lipinski definition) is 1. The molecule has 1 aromatic heterocycles. The molecule has 1 aliphatic rings. The predicted molar refractivity (Wildman–Crippen MR) is 101 cm³/mol. The number of thiophene rings is 1. The van der Waals surface area contributed by atoms with Crippen LogP contribution in [0.5, 0.6) is 5.75 Å². The quantitative estimate of drug-likeness (QED) is 0.766. The number of rotatable bonds is 6. The van der Waals surface area contributed by atoms with E-state index in [2.05, 4.69) is 5.32 Å². The minimum Gasteiger partial charge on any atom is -0.491 e. The van der Waals surface area contributed by atoms with Crippen molar-refractivity contribution in [2.75, 3.05) is 18.1 Å². The summed E-state index contributed by atoms with van der Waals surface area (Å²) in [5.41, 5.74) is 0.520. The monoisotopic (exact) mass is 388 g/mol. The second-order valence-electron chi connectivity index (χ2n) is 5.98. The molecular weight excluding hydrogens is 368 g/mol. The van der Waals surface area contributed by atoms with E-state index in [0.29, 0.717) is 18.0 Å². The van der Waals surface area contributed by atoms with Crippen LogP contribution < -0.4 is 15.0 Å². The Kier molecular flexibility index (Phi) is 6.08. The second kappa shape index (κ2) is 8.68. The van der Waals surface area contributed by atoms with Crippen molar-refractivity contribution in [1.82, 2.24) is 5.32 Å². The van der Waals surface area contributed by atoms with E-state index in [9.17, 15) is 14.4 Å². The summed E-state index contributed by atoms with van der Waals surface area (Å²) in [7, 11) is 0. The van der Waals surface area contributed by atoms with Crippen molar-refractivity contribution >= 4 is 34.8 Å². The molecule has 2 aromatic rings. The number of carbonyl (C=O) groups is 3. The van der Waals surface area contributed by atoms with Crippen molar-refractivity contribution < 1.29 is 23.9 Å². The molecule has 1 aromatic carbocycles. The molecule has 2 amide bonds. The molecule has 8 heteroatoms. The standard InChI is InChI=1S/C19H20N2O5S/c1-13(19(24)20-11-14-5-4-10-27-14)26-18(23)12-21-15-6-2-3-7-16(15)25-9-8-17(21)22/h2-7,10,13H,8-9,11-12H2,1H3,(H,20,24)/t13-/m1/s1. The highest BCUT2D eigenvalue weighted by atomic mass is 32.1. The van der Waals surface area contributed by atoms with Crippen LogP contribution in [0.2, 0.25) is 0 Å². The summed E-state index contributed by atoms with van der Waals surface area (Å²) in [6.45, 7) is 1.86. The highest BCUT2D eigenvalue weighted by Crippen LogP contribution is 2.30. The van der Waals surface area contributed by atoms with Gasteiger partial charge in [0.25, 0.3) is 5.91 Å². The molecule has 0 radical (unpaired) electrons. The number of nitrogens with zero attached hydrogens (tertiary/aromatic N) is 1. The lowest BCUT2D eigenvalue weighted by Crippen LogP contribution is -2.40. The Bertz CT molecular complexity index is 821. The van der Waals surface area contributed by atoms with Crippen LogP contribution in [-0.4, -0.2) is 37.0 Å². The Morgan fingerprint density at radius 2 is 2.11 bits per heavy atom. The van der Waals surface area contributed by atoms with Gasteiger partial charge in [0.15, 0.2) is 6.10 Å². The van der Waals surface area contributed by atoms with Gasteiger partial charge in [-0.05, 0) is 30.5 Å². The van der Waals surface area contributed by atoms with E-state index < -0.39 is 12.1 Å². The minimum absolute atomic E-state index is 0.165. The zero-order valence-electron chi connectivity index (χ0n) is 14.8. The second-order valence-corrected chi connectivity index (χ2v) is 7.01. The molecule has 1 N–H and O–H groups in total. The van der Waals surface area contributed by atoms with Crippen LogP contribution in [0.25, 0.3) is 0 Å². The first-order valence-electron chi connectivity index (χ1n) is 8.56. The lowest BCUT2D eigenvalue weighted by Gasteiger charge is -2.22. The molecule has 7 nitrogen and oxygen atoms in total. The van der Waals surface area contributed by atoms with E-state index in [1.54, 1.807) is 24.3 Å². The third-order valence-electron chi connectivity index (χ3n) is 4.01. The molecule has 0 saturated carbocycles. The molecular formula is C19H20N2O5S. The molecule has 0 saturated heterocycles. The highest BCUT2D eigenvalue weighted by Gasteiger charge is 2.27. The molecule has 0 fully saturated rings. The van der Waals surface area contributed by atoms with Crippen LogP contribution in [0, 0.1) is 0 Å². The molecule has 0 unspecified atom stereocenters. The maximum absolute atomic E-state index is 12.3. The predicted octanol–water partition coefficient (Wildman–Crippen LogP) is 2.11. The van der Waals surface area contributed by atoms with E-state index in [1.165, 1.54) is 23.2 Å². The summed E-state index contributed by atoms with van der Waals surface area (Å²) >= 11 is 1.53. The van der Waals surface area contributed by atoms with Crippen molar-refractivity contribution in [2.24, 2.45) is 0 Å². The zero-order valence-corrected chi connectivity index (χ0v) is 15.7. The van der Waals surface area contributed by atoms with Gasteiger partial charge in [0.05, 0.1) is 25.3 Å². The first-order valence-corrected chi connectivity index (χ1v) is 9.44. The van der Waals surface area contributed by atoms with E-state index in [4.69, 9.17) is 9.47 Å². The van der Waals surface area contributed by atoms with Crippen molar-refractivity contribution in [2.45, 2.75) is 26.0 Å². The summed E-state index contributed by atoms with van der Waals surface area (Å²) in [6.07, 6.45) is -0.787. The van der Waals surface area contributed by atoms with Gasteiger partial charge in [-0.1, -0.05) is 18.2 Å². The summed E-state index contributed by atoms with van der Waals surface area (Å²) in [6, 6.07) is 10.8. The van der Waals surface area contributed by atoms with Crippen molar-refractivity contribution in [3.63, 3.8) is 0 Å². The number of para-hydroxylation sites is 2. The van der Waals surface area contributed by atoms with Crippen molar-refractivity contribution in [1.29, 1.82) is 0 Å². The Morgan fingerprint density at radius 3 is 2.89 bits per heavy atom. The summed E-state index contributed by atoms with van der Waals surface area (Å²) in [5.74, 6) is -0.730. The smallest absolute Gasteiger partial charge is 0.326 e. The third-order valence-corrected chi connectivity index (χ3v) is 4.89. The molecule has 0 spiro atoms. The average molecular weight is 388 g/mol. The fraction of sp³-hybridized carbons (Fsp3) is 0.316. The van der Waals surface area contributed by atoms with Gasteiger partial charge in [-0.15, -0.1) is 11.3 Å². The number of benzene rings is 1. The third kappa shape index (κ3) is 4.85. The molecule has 27 heavy (non-hydrogen) atoms. The molecule has 0 bridgehead atoms. The number of anilines is 1. The first kappa shape index (κ1) is 18.9. The Hall–Kier alpha value is -2.87. The Balaban J connectivity index is 1.57. The van der Waals surface area contributed by atoms with Crippen molar-refractivity contribution in [3.05, 3.63) is 46.7 Å². The van der Waals surface area contributed by atoms with Gasteiger partial charge in [0.2, 0.25) is 5.91 Å². The number of hydrogen-bond acceptors (Lipinski definition) is 6. The maximum Gasteiger partial charge on any atom is 0.326 e. The molecule has 142 valence electrons. The van der Waals surface area contributed by atoms with E-state index in [0.717, 1.165) is 4.88 Å². The molecule has 2 heterocycles. The van der Waals surface area contributed by atoms with Crippen LogP contribution in [0.3, 0.4) is 0 Å². The number of amides is 2. The van der Waals surface area contributed by atoms with E-state index >= 15 is 0 Å². The van der Waals surface area contributed by atoms with Gasteiger partial charge >= 0.3 is 5.97 Å². The number of nitrogens with one attached hydrogen (secondary N) is 1. The average Bonchev–Trinajstić information content (AvgIpc) is 3.13. The number of carbonyl (C=O) groups excluding carboxylic acids is 3. The van der Waals surface area contributed by atoms with E-state index in [-0.39, 0.29) is 31.4 Å². The summed E-state index contributed by atoms with van der Waals surface area (Å²) < 4.78 is 10.7. The molecule has 3 rings (SSSR count). The normalized spacial score (nSPS) is 14.6. The van der Waals surface area contributed by atoms with Gasteiger partial charge in [-0.3, -0.25) is 19.3 Å². The minimum atomic E-state index is -0.953. The van der Waals surface area contributed by atoms with E-state index in [1.807, 2.05) is 17.5 Å². The number of fused-ring (bicyclic) bond motifs is 1. The summed E-state index contributed by atoms with van der Waals surface area (Å²) in [4.78, 5) is 39.1.